The van der Waals surface area contributed by atoms with Gasteiger partial charge in [0, 0.05) is 23.0 Å². The first kappa shape index (κ1) is 16.6. The minimum Gasteiger partial charge on any atom is -0.398 e. The van der Waals surface area contributed by atoms with Crippen molar-refractivity contribution in [1.82, 2.24) is 4.98 Å². The maximum atomic E-state index is 13.1. The van der Waals surface area contributed by atoms with Crippen LogP contribution in [0.3, 0.4) is 0 Å². The summed E-state index contributed by atoms with van der Waals surface area (Å²) < 4.78 is 13.1. The maximum absolute atomic E-state index is 13.1. The first-order chi connectivity index (χ1) is 12.0. The second kappa shape index (κ2) is 7.09. The molecule has 2 N–H and O–H groups in total. The molecular formula is C21H18FN3. The lowest BCUT2D eigenvalue weighted by Gasteiger charge is -2.08. The van der Waals surface area contributed by atoms with E-state index < -0.39 is 0 Å². The van der Waals surface area contributed by atoms with Gasteiger partial charge in [-0.3, -0.25) is 4.99 Å². The zero-order chi connectivity index (χ0) is 17.8. The number of rotatable bonds is 4. The molecule has 3 nitrogen and oxygen atoms in total. The summed E-state index contributed by atoms with van der Waals surface area (Å²) in [6, 6.07) is 17.6. The number of halogens is 1. The normalized spacial score (nSPS) is 11.0. The van der Waals surface area contributed by atoms with Crippen molar-refractivity contribution in [2.24, 2.45) is 4.99 Å². The van der Waals surface area contributed by atoms with E-state index >= 15 is 0 Å². The lowest BCUT2D eigenvalue weighted by atomic mass is 10.1. The molecule has 0 spiro atoms. The number of aromatic nitrogens is 1. The molecule has 1 aromatic heterocycles. The number of hydrogen-bond donors (Lipinski definition) is 1. The Morgan fingerprint density at radius 2 is 1.80 bits per heavy atom. The van der Waals surface area contributed by atoms with Gasteiger partial charge in [0.05, 0.1) is 17.1 Å². The fourth-order valence-corrected chi connectivity index (χ4v) is 2.43. The molecule has 0 fully saturated rings. The molecule has 0 aliphatic carbocycles. The number of aryl methyl sites for hydroxylation is 1. The first-order valence-electron chi connectivity index (χ1n) is 7.86. The predicted octanol–water partition coefficient (Wildman–Crippen LogP) is 4.87. The zero-order valence-corrected chi connectivity index (χ0v) is 13.9. The Bertz CT molecular complexity index is 944. The molecule has 3 aromatic rings. The van der Waals surface area contributed by atoms with Gasteiger partial charge in [0.25, 0.3) is 0 Å². The smallest absolute Gasteiger partial charge is 0.123 e. The molecule has 0 atom stereocenters. The molecule has 0 bridgehead atoms. The minimum atomic E-state index is -0.271. The van der Waals surface area contributed by atoms with Crippen LogP contribution in [-0.2, 0) is 0 Å². The zero-order valence-electron chi connectivity index (χ0n) is 13.9. The Kier molecular flexibility index (Phi) is 4.70. The average molecular weight is 331 g/mol. The Morgan fingerprint density at radius 3 is 2.52 bits per heavy atom. The highest BCUT2D eigenvalue weighted by atomic mass is 19.1. The van der Waals surface area contributed by atoms with Crippen LogP contribution in [0.25, 0.3) is 17.0 Å². The number of pyridine rings is 1. The van der Waals surface area contributed by atoms with Crippen molar-refractivity contribution in [2.75, 3.05) is 5.73 Å². The molecule has 2 aromatic carbocycles. The summed E-state index contributed by atoms with van der Waals surface area (Å²) in [7, 11) is 0. The summed E-state index contributed by atoms with van der Waals surface area (Å²) in [6.07, 6.45) is 1.68. The Labute approximate surface area is 146 Å². The summed E-state index contributed by atoms with van der Waals surface area (Å²) in [5.74, 6) is -0.271. The van der Waals surface area contributed by atoms with Crippen molar-refractivity contribution < 1.29 is 4.39 Å². The van der Waals surface area contributed by atoms with Gasteiger partial charge in [0.1, 0.15) is 5.82 Å². The Hall–Kier alpha value is -3.27. The molecule has 0 amide bonds. The third-order valence-electron chi connectivity index (χ3n) is 3.87. The van der Waals surface area contributed by atoms with E-state index in [1.807, 2.05) is 43.3 Å². The maximum Gasteiger partial charge on any atom is 0.123 e. The van der Waals surface area contributed by atoms with E-state index in [1.54, 1.807) is 18.3 Å². The fourth-order valence-electron chi connectivity index (χ4n) is 2.43. The van der Waals surface area contributed by atoms with Crippen LogP contribution < -0.4 is 5.73 Å². The van der Waals surface area contributed by atoms with Crippen molar-refractivity contribution in [2.45, 2.75) is 6.92 Å². The van der Waals surface area contributed by atoms with Gasteiger partial charge >= 0.3 is 0 Å². The van der Waals surface area contributed by atoms with Gasteiger partial charge in [0.15, 0.2) is 0 Å². The summed E-state index contributed by atoms with van der Waals surface area (Å²) in [6.45, 7) is 5.95. The molecule has 0 radical (unpaired) electrons. The van der Waals surface area contributed by atoms with Gasteiger partial charge in [-0.15, -0.1) is 0 Å². The largest absolute Gasteiger partial charge is 0.398 e. The number of nitrogens with two attached hydrogens (primary N) is 1. The Balaban J connectivity index is 1.90. The van der Waals surface area contributed by atoms with E-state index in [0.29, 0.717) is 17.1 Å². The molecule has 0 aliphatic rings. The molecule has 124 valence electrons. The lowest BCUT2D eigenvalue weighted by Crippen LogP contribution is -1.95. The third-order valence-corrected chi connectivity index (χ3v) is 3.87. The lowest BCUT2D eigenvalue weighted by molar-refractivity contribution is 0.628. The summed E-state index contributed by atoms with van der Waals surface area (Å²) in [5, 5.41) is 0. The monoisotopic (exact) mass is 331 g/mol. The highest BCUT2D eigenvalue weighted by molar-refractivity contribution is 5.90. The first-order valence-corrected chi connectivity index (χ1v) is 7.86. The number of nitrogens with zero attached hydrogens (tertiary/aromatic N) is 2. The van der Waals surface area contributed by atoms with E-state index in [4.69, 9.17) is 5.73 Å². The molecule has 25 heavy (non-hydrogen) atoms. The van der Waals surface area contributed by atoms with Gasteiger partial charge in [0.2, 0.25) is 0 Å². The number of hydrogen-bond acceptors (Lipinski definition) is 3. The second-order valence-electron chi connectivity index (χ2n) is 5.70. The number of anilines is 1. The average Bonchev–Trinajstić information content (AvgIpc) is 2.62. The standard InChI is InChI=1S/C21H18FN3/c1-14-7-12-20(25-21(14)16-8-10-18(22)11-9-16)15(2)24-13-17-5-3-4-6-19(17)23/h3-13H,2,23H2,1H3. The molecule has 0 unspecified atom stereocenters. The molecule has 0 aliphatic heterocycles. The number of para-hydroxylation sites is 1. The minimum absolute atomic E-state index is 0.271. The van der Waals surface area contributed by atoms with E-state index in [9.17, 15) is 4.39 Å². The summed E-state index contributed by atoms with van der Waals surface area (Å²) >= 11 is 0. The SMILES string of the molecule is C=C(N=Cc1ccccc1N)c1ccc(C)c(-c2ccc(F)cc2)n1. The second-order valence-corrected chi connectivity index (χ2v) is 5.70. The van der Waals surface area contributed by atoms with Crippen LogP contribution in [0.5, 0.6) is 0 Å². The molecule has 4 heteroatoms. The molecule has 3 rings (SSSR count). The van der Waals surface area contributed by atoms with Gasteiger partial charge in [-0.1, -0.05) is 30.8 Å². The number of benzene rings is 2. The molecule has 1 heterocycles. The van der Waals surface area contributed by atoms with E-state index in [1.165, 1.54) is 12.1 Å². The number of nitrogen functional groups attached to an aromatic ring is 1. The van der Waals surface area contributed by atoms with Crippen LogP contribution >= 0.6 is 0 Å². The Morgan fingerprint density at radius 1 is 1.08 bits per heavy atom. The van der Waals surface area contributed by atoms with E-state index in [0.717, 1.165) is 22.4 Å². The van der Waals surface area contributed by atoms with Gasteiger partial charge in [-0.2, -0.15) is 0 Å². The highest BCUT2D eigenvalue weighted by Gasteiger charge is 2.07. The van der Waals surface area contributed by atoms with Crippen molar-refractivity contribution in [3.8, 4) is 11.3 Å². The summed E-state index contributed by atoms with van der Waals surface area (Å²) in [4.78, 5) is 9.02. The van der Waals surface area contributed by atoms with Crippen LogP contribution in [0.15, 0.2) is 72.2 Å². The third kappa shape index (κ3) is 3.80. The van der Waals surface area contributed by atoms with E-state index in [2.05, 4.69) is 16.6 Å². The van der Waals surface area contributed by atoms with Gasteiger partial charge < -0.3 is 5.73 Å². The van der Waals surface area contributed by atoms with Crippen molar-refractivity contribution >= 4 is 17.6 Å². The van der Waals surface area contributed by atoms with E-state index in [-0.39, 0.29) is 5.82 Å². The fraction of sp³-hybridized carbons (Fsp3) is 0.0476. The van der Waals surface area contributed by atoms with Crippen LogP contribution in [0.2, 0.25) is 0 Å². The van der Waals surface area contributed by atoms with Crippen LogP contribution in [0, 0.1) is 12.7 Å². The quantitative estimate of drug-likeness (QED) is 0.548. The van der Waals surface area contributed by atoms with Crippen molar-refractivity contribution in [1.29, 1.82) is 0 Å². The molecule has 0 saturated heterocycles. The summed E-state index contributed by atoms with van der Waals surface area (Å²) in [5.41, 5.74) is 11.2. The van der Waals surface area contributed by atoms with Gasteiger partial charge in [-0.05, 0) is 48.9 Å². The highest BCUT2D eigenvalue weighted by Crippen LogP contribution is 2.24. The molecule has 0 saturated carbocycles. The topological polar surface area (TPSA) is 51.3 Å². The van der Waals surface area contributed by atoms with Crippen molar-refractivity contribution in [3.63, 3.8) is 0 Å². The van der Waals surface area contributed by atoms with Gasteiger partial charge in [-0.25, -0.2) is 9.37 Å². The van der Waals surface area contributed by atoms with Crippen LogP contribution in [0.4, 0.5) is 10.1 Å². The van der Waals surface area contributed by atoms with Crippen LogP contribution in [-0.4, -0.2) is 11.2 Å². The molecular weight excluding hydrogens is 313 g/mol. The number of aliphatic imine (C=N–C) groups is 1. The predicted molar refractivity (Wildman–Crippen MR) is 102 cm³/mol. The van der Waals surface area contributed by atoms with Crippen molar-refractivity contribution in [3.05, 3.63) is 89.9 Å². The van der Waals surface area contributed by atoms with Crippen LogP contribution in [0.1, 0.15) is 16.8 Å².